The molecule has 3 rings (SSSR count). The summed E-state index contributed by atoms with van der Waals surface area (Å²) in [5, 5.41) is 13.5. The molecule has 0 aliphatic carbocycles. The first-order valence-electron chi connectivity index (χ1n) is 7.96. The van der Waals surface area contributed by atoms with Crippen molar-refractivity contribution in [3.05, 3.63) is 52.6 Å². The van der Waals surface area contributed by atoms with Crippen LogP contribution in [0.25, 0.3) is 0 Å². The molecule has 0 bridgehead atoms. The van der Waals surface area contributed by atoms with Crippen LogP contribution in [0.1, 0.15) is 30.0 Å². The molecule has 0 saturated carbocycles. The minimum atomic E-state index is -0.355. The summed E-state index contributed by atoms with van der Waals surface area (Å²) in [5.74, 6) is 0.120. The highest BCUT2D eigenvalue weighted by Crippen LogP contribution is 2.28. The van der Waals surface area contributed by atoms with E-state index in [0.29, 0.717) is 12.5 Å². The Morgan fingerprint density at radius 1 is 1.26 bits per heavy atom. The number of likely N-dealkylation sites (tertiary alicyclic amines) is 1. The number of piperidine rings is 1. The lowest BCUT2D eigenvalue weighted by Gasteiger charge is -2.32. The number of rotatable bonds is 5. The van der Waals surface area contributed by atoms with Crippen molar-refractivity contribution in [3.8, 4) is 0 Å². The zero-order chi connectivity index (χ0) is 16.2. The molecule has 0 radical (unpaired) electrons. The molecule has 1 aromatic heterocycles. The fraction of sp³-hybridized carbons (Fsp3) is 0.471. The van der Waals surface area contributed by atoms with E-state index in [4.69, 9.17) is 16.7 Å². The van der Waals surface area contributed by atoms with Crippen molar-refractivity contribution < 1.29 is 9.50 Å². The largest absolute Gasteiger partial charge is 0.394 e. The van der Waals surface area contributed by atoms with Crippen LogP contribution in [0.2, 0.25) is 5.02 Å². The van der Waals surface area contributed by atoms with Crippen molar-refractivity contribution in [1.82, 2.24) is 14.7 Å². The second-order valence-electron chi connectivity index (χ2n) is 6.00. The molecule has 6 heteroatoms. The number of hydrogen-bond acceptors (Lipinski definition) is 3. The highest BCUT2D eigenvalue weighted by molar-refractivity contribution is 6.30. The van der Waals surface area contributed by atoms with Gasteiger partial charge in [0.05, 0.1) is 18.2 Å². The second-order valence-corrected chi connectivity index (χ2v) is 6.41. The van der Waals surface area contributed by atoms with Gasteiger partial charge in [0.1, 0.15) is 5.82 Å². The van der Waals surface area contributed by atoms with E-state index >= 15 is 0 Å². The van der Waals surface area contributed by atoms with E-state index in [2.05, 4.69) is 10.00 Å². The van der Waals surface area contributed by atoms with Gasteiger partial charge in [-0.2, -0.15) is 5.10 Å². The molecule has 4 nitrogen and oxygen atoms in total. The van der Waals surface area contributed by atoms with Gasteiger partial charge in [0.2, 0.25) is 0 Å². The molecular formula is C17H21ClFN3O. The molecule has 1 saturated heterocycles. The first-order chi connectivity index (χ1) is 11.2. The Labute approximate surface area is 140 Å². The van der Waals surface area contributed by atoms with Crippen molar-refractivity contribution >= 4 is 11.6 Å². The van der Waals surface area contributed by atoms with E-state index in [1.807, 2.05) is 16.8 Å². The van der Waals surface area contributed by atoms with Crippen LogP contribution in [-0.2, 0) is 13.1 Å². The molecule has 1 aliphatic rings. The fourth-order valence-electron chi connectivity index (χ4n) is 3.25. The molecule has 0 spiro atoms. The summed E-state index contributed by atoms with van der Waals surface area (Å²) in [6, 6.07) is 7.07. The summed E-state index contributed by atoms with van der Waals surface area (Å²) in [4.78, 5) is 2.34. The summed E-state index contributed by atoms with van der Waals surface area (Å²) in [5.41, 5.74) is 2.16. The van der Waals surface area contributed by atoms with Crippen molar-refractivity contribution in [3.63, 3.8) is 0 Å². The van der Waals surface area contributed by atoms with E-state index in [-0.39, 0.29) is 17.4 Å². The van der Waals surface area contributed by atoms with Crippen LogP contribution < -0.4 is 0 Å². The Morgan fingerprint density at radius 3 is 2.74 bits per heavy atom. The molecule has 1 N–H and O–H groups in total. The van der Waals surface area contributed by atoms with E-state index in [1.165, 1.54) is 11.8 Å². The second kappa shape index (κ2) is 7.43. The van der Waals surface area contributed by atoms with Gasteiger partial charge in [-0.15, -0.1) is 0 Å². The Hall–Kier alpha value is -1.43. The van der Waals surface area contributed by atoms with Crippen molar-refractivity contribution in [2.75, 3.05) is 19.7 Å². The summed E-state index contributed by atoms with van der Waals surface area (Å²) in [6.07, 6.45) is 3.90. The van der Waals surface area contributed by atoms with E-state index in [1.54, 1.807) is 12.3 Å². The first-order valence-corrected chi connectivity index (χ1v) is 8.34. The molecule has 2 heterocycles. The van der Waals surface area contributed by atoms with Gasteiger partial charge < -0.3 is 5.11 Å². The van der Waals surface area contributed by atoms with Crippen LogP contribution in [0.15, 0.2) is 30.5 Å². The molecule has 2 aromatic rings. The Bertz CT molecular complexity index is 653. The topological polar surface area (TPSA) is 41.3 Å². The monoisotopic (exact) mass is 337 g/mol. The molecule has 124 valence electrons. The highest BCUT2D eigenvalue weighted by atomic mass is 35.5. The van der Waals surface area contributed by atoms with Gasteiger partial charge in [-0.1, -0.05) is 17.7 Å². The maximum absolute atomic E-state index is 13.5. The Morgan fingerprint density at radius 2 is 2.04 bits per heavy atom. The predicted octanol–water partition coefficient (Wildman–Crippen LogP) is 3.05. The van der Waals surface area contributed by atoms with Crippen LogP contribution in [0, 0.1) is 5.82 Å². The van der Waals surface area contributed by atoms with Crippen molar-refractivity contribution in [2.45, 2.75) is 31.8 Å². The third-order valence-electron chi connectivity index (χ3n) is 4.46. The number of benzene rings is 1. The van der Waals surface area contributed by atoms with Crippen LogP contribution in [0.5, 0.6) is 0 Å². The third-order valence-corrected chi connectivity index (χ3v) is 4.76. The van der Waals surface area contributed by atoms with Gasteiger partial charge in [0.25, 0.3) is 0 Å². The lowest BCUT2D eigenvalue weighted by molar-refractivity contribution is 0.198. The SMILES string of the molecule is OCCn1nccc1C1CCN(Cc2ccc(Cl)c(F)c2)CC1. The van der Waals surface area contributed by atoms with Gasteiger partial charge in [-0.3, -0.25) is 9.58 Å². The number of nitrogens with zero attached hydrogens (tertiary/aromatic N) is 3. The minimum Gasteiger partial charge on any atom is -0.394 e. The predicted molar refractivity (Wildman–Crippen MR) is 88.0 cm³/mol. The first kappa shape index (κ1) is 16.4. The van der Waals surface area contributed by atoms with Crippen molar-refractivity contribution in [1.29, 1.82) is 0 Å². The number of aromatic nitrogens is 2. The van der Waals surface area contributed by atoms with Gasteiger partial charge in [0, 0.05) is 24.4 Å². The van der Waals surface area contributed by atoms with E-state index < -0.39 is 0 Å². The smallest absolute Gasteiger partial charge is 0.142 e. The van der Waals surface area contributed by atoms with Gasteiger partial charge in [-0.05, 0) is 49.7 Å². The standard InChI is InChI=1S/C17H21ClFN3O/c18-15-2-1-13(11-16(15)19)12-21-7-4-14(5-8-21)17-3-6-20-22(17)9-10-23/h1-3,6,11,14,23H,4-5,7-10,12H2. The molecule has 23 heavy (non-hydrogen) atoms. The average molecular weight is 338 g/mol. The quantitative estimate of drug-likeness (QED) is 0.911. The normalized spacial score (nSPS) is 16.8. The lowest BCUT2D eigenvalue weighted by atomic mass is 9.93. The van der Waals surface area contributed by atoms with Crippen LogP contribution in [0.3, 0.4) is 0 Å². The van der Waals surface area contributed by atoms with E-state index in [0.717, 1.165) is 38.0 Å². The third kappa shape index (κ3) is 3.91. The number of aliphatic hydroxyl groups excluding tert-OH is 1. The van der Waals surface area contributed by atoms with Gasteiger partial charge >= 0.3 is 0 Å². The van der Waals surface area contributed by atoms with Crippen LogP contribution in [0.4, 0.5) is 4.39 Å². The molecular weight excluding hydrogens is 317 g/mol. The zero-order valence-electron chi connectivity index (χ0n) is 13.0. The Kier molecular flexibility index (Phi) is 5.30. The maximum Gasteiger partial charge on any atom is 0.142 e. The van der Waals surface area contributed by atoms with Crippen LogP contribution >= 0.6 is 11.6 Å². The summed E-state index contributed by atoms with van der Waals surface area (Å²) >= 11 is 5.73. The zero-order valence-corrected chi connectivity index (χ0v) is 13.7. The molecule has 0 unspecified atom stereocenters. The number of halogens is 2. The Balaban J connectivity index is 1.57. The van der Waals surface area contributed by atoms with Gasteiger partial charge in [0.15, 0.2) is 0 Å². The van der Waals surface area contributed by atoms with Crippen molar-refractivity contribution in [2.24, 2.45) is 0 Å². The maximum atomic E-state index is 13.5. The highest BCUT2D eigenvalue weighted by Gasteiger charge is 2.23. The molecule has 0 amide bonds. The summed E-state index contributed by atoms with van der Waals surface area (Å²) in [7, 11) is 0. The summed E-state index contributed by atoms with van der Waals surface area (Å²) in [6.45, 7) is 3.34. The lowest BCUT2D eigenvalue weighted by Crippen LogP contribution is -2.33. The number of hydrogen-bond donors (Lipinski definition) is 1. The van der Waals surface area contributed by atoms with Gasteiger partial charge in [-0.25, -0.2) is 4.39 Å². The average Bonchev–Trinajstić information content (AvgIpc) is 3.00. The number of aliphatic hydroxyl groups is 1. The van der Waals surface area contributed by atoms with E-state index in [9.17, 15) is 4.39 Å². The minimum absolute atomic E-state index is 0.107. The van der Waals surface area contributed by atoms with Crippen LogP contribution in [-0.4, -0.2) is 39.5 Å². The molecule has 0 atom stereocenters. The summed E-state index contributed by atoms with van der Waals surface area (Å²) < 4.78 is 15.4. The molecule has 1 aromatic carbocycles. The fourth-order valence-corrected chi connectivity index (χ4v) is 3.37. The molecule has 1 fully saturated rings. The molecule has 1 aliphatic heterocycles.